The number of nitrogens with zero attached hydrogens (tertiary/aromatic N) is 5. The lowest BCUT2D eigenvalue weighted by Crippen LogP contribution is -1.94. The van der Waals surface area contributed by atoms with Gasteiger partial charge in [-0.2, -0.15) is 9.61 Å². The van der Waals surface area contributed by atoms with Gasteiger partial charge in [0.05, 0.1) is 11.2 Å². The molecular weight excluding hydrogens is 344 g/mol. The van der Waals surface area contributed by atoms with Gasteiger partial charge in [0, 0.05) is 11.6 Å². The van der Waals surface area contributed by atoms with Gasteiger partial charge >= 0.3 is 0 Å². The predicted octanol–water partition coefficient (Wildman–Crippen LogP) is 3.85. The lowest BCUT2D eigenvalue weighted by molar-refractivity contribution is 0.576. The lowest BCUT2D eigenvalue weighted by atomic mass is 10.2. The molecule has 23 heavy (non-hydrogen) atoms. The second-order valence-electron chi connectivity index (χ2n) is 4.59. The summed E-state index contributed by atoms with van der Waals surface area (Å²) in [5.41, 5.74) is 0.623. The number of hydrogen-bond donors (Lipinski definition) is 0. The third-order valence-corrected chi connectivity index (χ3v) is 4.35. The molecule has 9 heteroatoms. The number of rotatable bonds is 2. The number of halogens is 3. The van der Waals surface area contributed by atoms with Gasteiger partial charge < -0.3 is 0 Å². The minimum atomic E-state index is -0.783. The zero-order chi connectivity index (χ0) is 16.0. The Bertz CT molecular complexity index is 1030. The highest BCUT2D eigenvalue weighted by atomic mass is 35.5. The monoisotopic (exact) mass is 349 g/mol. The van der Waals surface area contributed by atoms with Crippen LogP contribution in [0.25, 0.3) is 27.1 Å². The van der Waals surface area contributed by atoms with Crippen LogP contribution in [0.15, 0.2) is 36.5 Å². The Kier molecular flexibility index (Phi) is 3.28. The number of pyridine rings is 1. The fourth-order valence-electron chi connectivity index (χ4n) is 2.10. The van der Waals surface area contributed by atoms with Gasteiger partial charge in [0.15, 0.2) is 16.6 Å². The molecule has 0 unspecified atom stereocenters. The van der Waals surface area contributed by atoms with Crippen molar-refractivity contribution in [2.24, 2.45) is 0 Å². The molecule has 0 aliphatic rings. The van der Waals surface area contributed by atoms with E-state index in [4.69, 9.17) is 11.6 Å². The molecule has 4 aromatic rings. The molecule has 0 aliphatic heterocycles. The zero-order valence-corrected chi connectivity index (χ0v) is 12.8. The third-order valence-electron chi connectivity index (χ3n) is 3.12. The van der Waals surface area contributed by atoms with Gasteiger partial charge in [-0.25, -0.2) is 13.8 Å². The minimum absolute atomic E-state index is 0.0352. The van der Waals surface area contributed by atoms with Gasteiger partial charge in [-0.05, 0) is 12.1 Å². The first-order valence-electron chi connectivity index (χ1n) is 6.42. The Morgan fingerprint density at radius 3 is 2.74 bits per heavy atom. The quantitative estimate of drug-likeness (QED) is 0.551. The molecule has 0 saturated heterocycles. The van der Waals surface area contributed by atoms with E-state index in [1.807, 2.05) is 6.07 Å². The number of aromatic nitrogens is 5. The van der Waals surface area contributed by atoms with Crippen LogP contribution >= 0.6 is 22.9 Å². The van der Waals surface area contributed by atoms with Crippen LogP contribution in [0, 0.1) is 11.6 Å². The predicted molar refractivity (Wildman–Crippen MR) is 82.3 cm³/mol. The average molecular weight is 350 g/mol. The molecule has 3 aromatic heterocycles. The van der Waals surface area contributed by atoms with Crippen LogP contribution in [0.5, 0.6) is 0 Å². The maximum absolute atomic E-state index is 13.9. The Hall–Kier alpha value is -2.45. The molecule has 114 valence electrons. The summed E-state index contributed by atoms with van der Waals surface area (Å²) in [4.78, 5) is 4.21. The largest absolute Gasteiger partial charge is 0.247 e. The molecule has 0 spiro atoms. The molecule has 0 fully saturated rings. The van der Waals surface area contributed by atoms with Gasteiger partial charge in [-0.3, -0.25) is 0 Å². The Labute approximate surface area is 137 Å². The van der Waals surface area contributed by atoms with E-state index < -0.39 is 11.6 Å². The summed E-state index contributed by atoms with van der Waals surface area (Å²) in [5, 5.41) is 13.1. The van der Waals surface area contributed by atoms with Crippen molar-refractivity contribution in [3.05, 3.63) is 53.2 Å². The van der Waals surface area contributed by atoms with E-state index in [9.17, 15) is 8.78 Å². The highest BCUT2D eigenvalue weighted by Crippen LogP contribution is 2.31. The van der Waals surface area contributed by atoms with E-state index in [-0.39, 0.29) is 10.7 Å². The maximum Gasteiger partial charge on any atom is 0.235 e. The van der Waals surface area contributed by atoms with Gasteiger partial charge in [-0.1, -0.05) is 35.1 Å². The van der Waals surface area contributed by atoms with Crippen molar-refractivity contribution in [3.63, 3.8) is 0 Å². The van der Waals surface area contributed by atoms with Crippen LogP contribution in [0.1, 0.15) is 0 Å². The molecule has 0 bridgehead atoms. The zero-order valence-electron chi connectivity index (χ0n) is 11.2. The first kappa shape index (κ1) is 14.2. The highest BCUT2D eigenvalue weighted by Gasteiger charge is 2.19. The van der Waals surface area contributed by atoms with E-state index in [0.29, 0.717) is 21.4 Å². The molecule has 0 amide bonds. The highest BCUT2D eigenvalue weighted by molar-refractivity contribution is 7.19. The minimum Gasteiger partial charge on any atom is -0.247 e. The summed E-state index contributed by atoms with van der Waals surface area (Å²) in [6.45, 7) is 0. The fourth-order valence-corrected chi connectivity index (χ4v) is 3.15. The molecule has 5 nitrogen and oxygen atoms in total. The number of hydrogen-bond acceptors (Lipinski definition) is 5. The molecule has 0 aliphatic carbocycles. The number of benzene rings is 1. The molecule has 3 heterocycles. The van der Waals surface area contributed by atoms with Crippen LogP contribution in [0.2, 0.25) is 5.02 Å². The fraction of sp³-hybridized carbons (Fsp3) is 0. The maximum atomic E-state index is 13.9. The summed E-state index contributed by atoms with van der Waals surface area (Å²) in [6.07, 6.45) is 0.940. The van der Waals surface area contributed by atoms with E-state index in [2.05, 4.69) is 20.3 Å². The molecular formula is C14H6ClF2N5S. The first-order valence-corrected chi connectivity index (χ1v) is 7.61. The Morgan fingerprint density at radius 2 is 1.96 bits per heavy atom. The standard InChI is InChI=1S/C14H6ClF2N5S/c15-9-4-2-1-3-8(9)12-19-20-14-22(12)21-13(23-14)11-10(17)5-7(16)6-18-11/h1-6H. The van der Waals surface area contributed by atoms with Gasteiger partial charge in [-0.15, -0.1) is 10.2 Å². The van der Waals surface area contributed by atoms with Crippen LogP contribution in [-0.2, 0) is 0 Å². The second-order valence-corrected chi connectivity index (χ2v) is 5.95. The summed E-state index contributed by atoms with van der Waals surface area (Å²) >= 11 is 7.26. The van der Waals surface area contributed by atoms with Gasteiger partial charge in [0.1, 0.15) is 11.5 Å². The third kappa shape index (κ3) is 2.36. The van der Waals surface area contributed by atoms with Crippen molar-refractivity contribution in [2.75, 3.05) is 0 Å². The van der Waals surface area contributed by atoms with Crippen LogP contribution in [-0.4, -0.2) is 24.8 Å². The van der Waals surface area contributed by atoms with E-state index in [1.165, 1.54) is 4.52 Å². The molecule has 0 N–H and O–H groups in total. The first-order chi connectivity index (χ1) is 11.1. The number of fused-ring (bicyclic) bond motifs is 1. The molecule has 0 radical (unpaired) electrons. The lowest BCUT2D eigenvalue weighted by Gasteiger charge is -1.99. The van der Waals surface area contributed by atoms with Crippen molar-refractivity contribution in [3.8, 4) is 22.1 Å². The molecule has 4 rings (SSSR count). The van der Waals surface area contributed by atoms with E-state index in [0.717, 1.165) is 23.6 Å². The van der Waals surface area contributed by atoms with Crippen LogP contribution in [0.3, 0.4) is 0 Å². The molecule has 0 atom stereocenters. The summed E-state index contributed by atoms with van der Waals surface area (Å²) in [5.74, 6) is -1.09. The van der Waals surface area contributed by atoms with Crippen molar-refractivity contribution in [1.82, 2.24) is 24.8 Å². The Balaban J connectivity index is 1.88. The normalized spacial score (nSPS) is 11.3. The van der Waals surface area contributed by atoms with E-state index >= 15 is 0 Å². The molecule has 1 aromatic carbocycles. The smallest absolute Gasteiger partial charge is 0.235 e. The van der Waals surface area contributed by atoms with Crippen molar-refractivity contribution < 1.29 is 8.78 Å². The molecule has 0 saturated carbocycles. The summed E-state index contributed by atoms with van der Waals surface area (Å²) in [7, 11) is 0. The Morgan fingerprint density at radius 1 is 1.13 bits per heavy atom. The van der Waals surface area contributed by atoms with Crippen LogP contribution in [0.4, 0.5) is 8.78 Å². The second kappa shape index (κ2) is 5.32. The SMILES string of the molecule is Fc1cnc(-c2nn3c(-c4ccccc4Cl)nnc3s2)c(F)c1. The van der Waals surface area contributed by atoms with Gasteiger partial charge in [0.25, 0.3) is 0 Å². The average Bonchev–Trinajstić information content (AvgIpc) is 3.08. The van der Waals surface area contributed by atoms with Crippen molar-refractivity contribution >= 4 is 27.9 Å². The van der Waals surface area contributed by atoms with Crippen molar-refractivity contribution in [2.45, 2.75) is 0 Å². The van der Waals surface area contributed by atoms with Gasteiger partial charge in [0.2, 0.25) is 4.96 Å². The topological polar surface area (TPSA) is 56.0 Å². The summed E-state index contributed by atoms with van der Waals surface area (Å²) < 4.78 is 28.3. The van der Waals surface area contributed by atoms with Crippen LogP contribution < -0.4 is 0 Å². The summed E-state index contributed by atoms with van der Waals surface area (Å²) in [6, 6.07) is 7.89. The van der Waals surface area contributed by atoms with Crippen molar-refractivity contribution in [1.29, 1.82) is 0 Å². The van der Waals surface area contributed by atoms with E-state index in [1.54, 1.807) is 18.2 Å².